The fraction of sp³-hybridized carbons (Fsp3) is 0.484. The van der Waals surface area contributed by atoms with E-state index in [0.717, 1.165) is 62.4 Å². The Morgan fingerprint density at radius 2 is 1.97 bits per heavy atom. The summed E-state index contributed by atoms with van der Waals surface area (Å²) in [6.45, 7) is 12.6. The van der Waals surface area contributed by atoms with Crippen molar-refractivity contribution in [1.82, 2.24) is 4.90 Å². The van der Waals surface area contributed by atoms with Crippen molar-refractivity contribution in [2.75, 3.05) is 43.0 Å². The molecule has 4 rings (SSSR count). The van der Waals surface area contributed by atoms with E-state index in [1.165, 1.54) is 16.8 Å². The first-order valence-corrected chi connectivity index (χ1v) is 13.6. The van der Waals surface area contributed by atoms with Crippen molar-refractivity contribution in [2.24, 2.45) is 0 Å². The molecule has 2 aromatic carbocycles. The SMILES string of the molecule is CCc1cc2c(cc1N1CCC(N(CC)CCO)CC1)C(C)(C)C(Nc1cccc(C#N)c1)=CC(=O)C2.[HH]. The molecule has 0 radical (unpaired) electrons. The number of aryl methyl sites for hydroxylation is 1. The van der Waals surface area contributed by atoms with Gasteiger partial charge in [-0.25, -0.2) is 0 Å². The first-order valence-electron chi connectivity index (χ1n) is 13.6. The summed E-state index contributed by atoms with van der Waals surface area (Å²) in [5.41, 5.74) is 6.68. The molecule has 6 nitrogen and oxygen atoms in total. The number of carbonyl (C=O) groups excluding carboxylic acids is 1. The predicted molar refractivity (Wildman–Crippen MR) is 152 cm³/mol. The van der Waals surface area contributed by atoms with Crippen LogP contribution in [0.4, 0.5) is 11.4 Å². The molecule has 1 saturated heterocycles. The number of nitriles is 1. The second-order valence-corrected chi connectivity index (χ2v) is 10.7. The number of benzene rings is 2. The Hall–Kier alpha value is -3.14. The molecule has 0 amide bonds. The number of ketones is 1. The van der Waals surface area contributed by atoms with Crippen molar-refractivity contribution >= 4 is 17.2 Å². The normalized spacial score (nSPS) is 17.7. The molecule has 2 aromatic rings. The molecule has 37 heavy (non-hydrogen) atoms. The summed E-state index contributed by atoms with van der Waals surface area (Å²) in [4.78, 5) is 17.9. The lowest BCUT2D eigenvalue weighted by Crippen LogP contribution is -2.46. The van der Waals surface area contributed by atoms with E-state index in [1.54, 1.807) is 12.1 Å². The highest BCUT2D eigenvalue weighted by Crippen LogP contribution is 2.41. The fourth-order valence-electron chi connectivity index (χ4n) is 5.93. The molecule has 0 bridgehead atoms. The van der Waals surface area contributed by atoms with E-state index in [0.29, 0.717) is 18.0 Å². The second kappa shape index (κ2) is 11.5. The number of fused-ring (bicyclic) bond motifs is 1. The summed E-state index contributed by atoms with van der Waals surface area (Å²) >= 11 is 0. The van der Waals surface area contributed by atoms with E-state index in [2.05, 4.69) is 61.0 Å². The minimum atomic E-state index is -0.413. The lowest BCUT2D eigenvalue weighted by molar-refractivity contribution is -0.114. The summed E-state index contributed by atoms with van der Waals surface area (Å²) < 4.78 is 0. The maximum atomic E-state index is 13.0. The molecule has 0 saturated carbocycles. The van der Waals surface area contributed by atoms with Crippen LogP contribution in [0.25, 0.3) is 0 Å². The molecule has 0 aromatic heterocycles. The minimum Gasteiger partial charge on any atom is -0.395 e. The highest BCUT2D eigenvalue weighted by atomic mass is 16.3. The van der Waals surface area contributed by atoms with Gasteiger partial charge in [0.05, 0.1) is 18.2 Å². The van der Waals surface area contributed by atoms with Gasteiger partial charge in [0.1, 0.15) is 0 Å². The van der Waals surface area contributed by atoms with Crippen molar-refractivity contribution in [2.45, 2.75) is 64.8 Å². The van der Waals surface area contributed by atoms with Crippen molar-refractivity contribution in [3.63, 3.8) is 0 Å². The average molecular weight is 503 g/mol. The number of anilines is 2. The van der Waals surface area contributed by atoms with E-state index in [9.17, 15) is 15.2 Å². The van der Waals surface area contributed by atoms with Gasteiger partial charge < -0.3 is 15.3 Å². The molecule has 1 aliphatic heterocycles. The molecule has 1 fully saturated rings. The zero-order valence-corrected chi connectivity index (χ0v) is 22.7. The van der Waals surface area contributed by atoms with Gasteiger partial charge in [-0.2, -0.15) is 5.26 Å². The van der Waals surface area contributed by atoms with E-state index in [4.69, 9.17) is 0 Å². The largest absolute Gasteiger partial charge is 0.395 e. The number of aliphatic hydroxyl groups excluding tert-OH is 1. The standard InChI is InChI=1S/C31H40N4O2.H2/c1-5-23-17-24-18-27(37)19-30(33-25-9-7-8-22(16-25)21-32)31(3,4)28(24)20-29(23)35-12-10-26(11-13-35)34(6-2)14-15-36;/h7-9,16-17,19-20,26,33,36H,5-6,10-15,18H2,1-4H3;1H. The van der Waals surface area contributed by atoms with Crippen LogP contribution in [0.2, 0.25) is 0 Å². The molecular formula is C31H42N4O2. The van der Waals surface area contributed by atoms with Gasteiger partial charge in [0.25, 0.3) is 0 Å². The molecule has 0 spiro atoms. The van der Waals surface area contributed by atoms with Crippen LogP contribution in [-0.2, 0) is 23.1 Å². The Bertz CT molecular complexity index is 1210. The quantitative estimate of drug-likeness (QED) is 0.526. The number of piperidine rings is 1. The van der Waals surface area contributed by atoms with Gasteiger partial charge in [0, 0.05) is 62.1 Å². The summed E-state index contributed by atoms with van der Waals surface area (Å²) in [5.74, 6) is 0.0879. The monoisotopic (exact) mass is 502 g/mol. The highest BCUT2D eigenvalue weighted by molar-refractivity contribution is 5.94. The lowest BCUT2D eigenvalue weighted by atomic mass is 9.78. The first-order chi connectivity index (χ1) is 17.8. The number of hydrogen-bond acceptors (Lipinski definition) is 6. The van der Waals surface area contributed by atoms with Gasteiger partial charge in [0.15, 0.2) is 5.78 Å². The average Bonchev–Trinajstić information content (AvgIpc) is 2.99. The summed E-state index contributed by atoms with van der Waals surface area (Å²) in [6, 6.07) is 14.7. The van der Waals surface area contributed by atoms with Gasteiger partial charge in [-0.1, -0.05) is 39.8 Å². The predicted octanol–water partition coefficient (Wildman–Crippen LogP) is 5.05. The topological polar surface area (TPSA) is 79.6 Å². The fourth-order valence-corrected chi connectivity index (χ4v) is 5.93. The second-order valence-electron chi connectivity index (χ2n) is 10.7. The molecular weight excluding hydrogens is 460 g/mol. The number of nitrogens with one attached hydrogen (secondary N) is 1. The zero-order chi connectivity index (χ0) is 26.6. The number of likely N-dealkylation sites (N-methyl/N-ethyl adjacent to an activating group) is 1. The number of nitrogens with zero attached hydrogens (tertiary/aromatic N) is 3. The van der Waals surface area contributed by atoms with Crippen LogP contribution in [0.15, 0.2) is 48.2 Å². The van der Waals surface area contributed by atoms with Crippen LogP contribution in [0.1, 0.15) is 64.2 Å². The molecule has 0 unspecified atom stereocenters. The number of hydrogen-bond donors (Lipinski definition) is 2. The third kappa shape index (κ3) is 5.74. The smallest absolute Gasteiger partial charge is 0.161 e. The number of carbonyl (C=O) groups is 1. The third-order valence-corrected chi connectivity index (χ3v) is 8.09. The Morgan fingerprint density at radius 1 is 1.22 bits per heavy atom. The molecule has 0 atom stereocenters. The number of rotatable bonds is 8. The first kappa shape index (κ1) is 26.9. The zero-order valence-electron chi connectivity index (χ0n) is 22.7. The number of allylic oxidation sites excluding steroid dienone is 2. The van der Waals surface area contributed by atoms with Crippen LogP contribution < -0.4 is 10.2 Å². The Morgan fingerprint density at radius 3 is 2.62 bits per heavy atom. The van der Waals surface area contributed by atoms with Gasteiger partial charge in [-0.3, -0.25) is 9.69 Å². The summed E-state index contributed by atoms with van der Waals surface area (Å²) in [5, 5.41) is 22.2. The van der Waals surface area contributed by atoms with Crippen LogP contribution in [0.3, 0.4) is 0 Å². The Kier molecular flexibility index (Phi) is 8.36. The van der Waals surface area contributed by atoms with Crippen LogP contribution in [-0.4, -0.2) is 54.6 Å². The van der Waals surface area contributed by atoms with Gasteiger partial charge >= 0.3 is 0 Å². The Labute approximate surface area is 223 Å². The van der Waals surface area contributed by atoms with Crippen molar-refractivity contribution in [3.8, 4) is 6.07 Å². The van der Waals surface area contributed by atoms with E-state index < -0.39 is 5.41 Å². The minimum absolute atomic E-state index is 0. The maximum Gasteiger partial charge on any atom is 0.161 e. The number of aliphatic hydroxyl groups is 1. The van der Waals surface area contributed by atoms with Crippen molar-refractivity contribution in [3.05, 3.63) is 70.4 Å². The van der Waals surface area contributed by atoms with Crippen LogP contribution in [0.5, 0.6) is 0 Å². The van der Waals surface area contributed by atoms with E-state index in [1.807, 2.05) is 18.2 Å². The van der Waals surface area contributed by atoms with Crippen LogP contribution >= 0.6 is 0 Å². The van der Waals surface area contributed by atoms with Crippen LogP contribution in [0, 0.1) is 11.3 Å². The molecule has 1 heterocycles. The van der Waals surface area contributed by atoms with E-state index in [-0.39, 0.29) is 13.8 Å². The maximum absolute atomic E-state index is 13.0. The van der Waals surface area contributed by atoms with Gasteiger partial charge in [-0.05, 0) is 66.8 Å². The summed E-state index contributed by atoms with van der Waals surface area (Å²) in [7, 11) is 0. The molecule has 2 N–H and O–H groups in total. The van der Waals surface area contributed by atoms with Gasteiger partial charge in [0.2, 0.25) is 0 Å². The summed E-state index contributed by atoms with van der Waals surface area (Å²) in [6.07, 6.45) is 5.22. The lowest BCUT2D eigenvalue weighted by Gasteiger charge is -2.40. The molecule has 2 aliphatic rings. The van der Waals surface area contributed by atoms with Crippen molar-refractivity contribution in [1.29, 1.82) is 5.26 Å². The third-order valence-electron chi connectivity index (χ3n) is 8.09. The molecule has 6 heteroatoms. The Balaban J connectivity index is 0.00000400. The molecule has 1 aliphatic carbocycles. The highest BCUT2D eigenvalue weighted by Gasteiger charge is 2.34. The van der Waals surface area contributed by atoms with Gasteiger partial charge in [-0.15, -0.1) is 0 Å². The molecule has 198 valence electrons. The van der Waals surface area contributed by atoms with Crippen molar-refractivity contribution < 1.29 is 11.3 Å². The van der Waals surface area contributed by atoms with E-state index >= 15 is 0 Å².